The zero-order chi connectivity index (χ0) is 19.4. The lowest BCUT2D eigenvalue weighted by Crippen LogP contribution is -2.16. The van der Waals surface area contributed by atoms with Gasteiger partial charge in [0.15, 0.2) is 5.16 Å². The van der Waals surface area contributed by atoms with Crippen LogP contribution in [-0.2, 0) is 16.0 Å². The minimum Gasteiger partial charge on any atom is -0.462 e. The first-order valence-electron chi connectivity index (χ1n) is 8.70. The number of aryl methyl sites for hydroxylation is 1. The number of aromatic nitrogens is 2. The van der Waals surface area contributed by atoms with Crippen molar-refractivity contribution in [2.24, 2.45) is 0 Å². The van der Waals surface area contributed by atoms with Crippen LogP contribution in [0.4, 0.5) is 5.00 Å². The number of para-hydroxylation sites is 2. The first-order valence-corrected chi connectivity index (χ1v) is 10.5. The first kappa shape index (κ1) is 19.4. The molecule has 0 fully saturated rings. The molecule has 3 rings (SSSR count). The number of amides is 1. The van der Waals surface area contributed by atoms with E-state index in [1.54, 1.807) is 6.92 Å². The van der Waals surface area contributed by atoms with Gasteiger partial charge < -0.3 is 15.0 Å². The maximum atomic E-state index is 12.4. The average molecular weight is 404 g/mol. The summed E-state index contributed by atoms with van der Waals surface area (Å²) in [6.07, 6.45) is 0.708. The van der Waals surface area contributed by atoms with E-state index in [9.17, 15) is 9.59 Å². The summed E-state index contributed by atoms with van der Waals surface area (Å²) in [6, 6.07) is 7.72. The molecule has 0 saturated heterocycles. The van der Waals surface area contributed by atoms with E-state index in [0.29, 0.717) is 28.7 Å². The molecule has 0 bridgehead atoms. The molecule has 2 aromatic heterocycles. The van der Waals surface area contributed by atoms with Crippen LogP contribution in [0.25, 0.3) is 11.0 Å². The number of carbonyl (C=O) groups is 2. The minimum absolute atomic E-state index is 0.185. The molecule has 2 N–H and O–H groups in total. The molecule has 142 valence electrons. The lowest BCUT2D eigenvalue weighted by atomic mass is 10.1. The lowest BCUT2D eigenvalue weighted by molar-refractivity contribution is -0.113. The number of benzene rings is 1. The molecule has 0 unspecified atom stereocenters. The van der Waals surface area contributed by atoms with Crippen molar-refractivity contribution in [1.29, 1.82) is 0 Å². The third kappa shape index (κ3) is 4.33. The van der Waals surface area contributed by atoms with Crippen molar-refractivity contribution >= 4 is 51.0 Å². The standard InChI is InChI=1S/C19H21N3O3S2/c1-4-12-11(3)27-17(16(12)18(24)25-5-2)22-15(23)10-26-19-20-13-8-6-7-9-14(13)21-19/h6-9H,4-5,10H2,1-3H3,(H,20,21)(H,22,23). The van der Waals surface area contributed by atoms with E-state index in [1.807, 2.05) is 38.1 Å². The summed E-state index contributed by atoms with van der Waals surface area (Å²) < 4.78 is 5.17. The van der Waals surface area contributed by atoms with Crippen LogP contribution in [0.2, 0.25) is 0 Å². The smallest absolute Gasteiger partial charge is 0.341 e. The van der Waals surface area contributed by atoms with Crippen molar-refractivity contribution in [3.05, 3.63) is 40.3 Å². The van der Waals surface area contributed by atoms with Crippen LogP contribution in [0.1, 0.15) is 34.6 Å². The number of carbonyl (C=O) groups excluding carboxylic acids is 2. The van der Waals surface area contributed by atoms with Gasteiger partial charge in [0.05, 0.1) is 29.0 Å². The SMILES string of the molecule is CCOC(=O)c1c(NC(=O)CSc2nc3ccccc3[nH]2)sc(C)c1CC. The van der Waals surface area contributed by atoms with E-state index in [0.717, 1.165) is 21.5 Å². The van der Waals surface area contributed by atoms with E-state index in [-0.39, 0.29) is 17.6 Å². The zero-order valence-corrected chi connectivity index (χ0v) is 17.1. The van der Waals surface area contributed by atoms with E-state index < -0.39 is 0 Å². The predicted octanol–water partition coefficient (Wildman–Crippen LogP) is 4.40. The topological polar surface area (TPSA) is 84.1 Å². The Kier molecular flexibility index (Phi) is 6.18. The Morgan fingerprint density at radius 1 is 1.30 bits per heavy atom. The van der Waals surface area contributed by atoms with Gasteiger partial charge in [-0.3, -0.25) is 4.79 Å². The Hall–Kier alpha value is -2.32. The summed E-state index contributed by atoms with van der Waals surface area (Å²) in [5.74, 6) is -0.380. The predicted molar refractivity (Wildman–Crippen MR) is 110 cm³/mol. The van der Waals surface area contributed by atoms with Crippen LogP contribution in [-0.4, -0.2) is 34.2 Å². The van der Waals surface area contributed by atoms with Gasteiger partial charge in [-0.1, -0.05) is 30.8 Å². The van der Waals surface area contributed by atoms with Crippen LogP contribution in [0.15, 0.2) is 29.4 Å². The van der Waals surface area contributed by atoms with Crippen molar-refractivity contribution < 1.29 is 14.3 Å². The molecule has 27 heavy (non-hydrogen) atoms. The number of rotatable bonds is 7. The van der Waals surface area contributed by atoms with Crippen molar-refractivity contribution in [1.82, 2.24) is 9.97 Å². The molecular weight excluding hydrogens is 382 g/mol. The number of thiophene rings is 1. The van der Waals surface area contributed by atoms with E-state index in [4.69, 9.17) is 4.74 Å². The quantitative estimate of drug-likeness (QED) is 0.451. The van der Waals surface area contributed by atoms with Gasteiger partial charge >= 0.3 is 5.97 Å². The van der Waals surface area contributed by atoms with E-state index in [2.05, 4.69) is 15.3 Å². The van der Waals surface area contributed by atoms with Gasteiger partial charge in [0.1, 0.15) is 5.00 Å². The average Bonchev–Trinajstić information content (AvgIpc) is 3.20. The van der Waals surface area contributed by atoms with Crippen molar-refractivity contribution in [3.63, 3.8) is 0 Å². The molecule has 0 aliphatic carbocycles. The Morgan fingerprint density at radius 3 is 2.78 bits per heavy atom. The largest absolute Gasteiger partial charge is 0.462 e. The lowest BCUT2D eigenvalue weighted by Gasteiger charge is -2.07. The summed E-state index contributed by atoms with van der Waals surface area (Å²) >= 11 is 2.73. The van der Waals surface area contributed by atoms with Crippen LogP contribution in [0.5, 0.6) is 0 Å². The number of ether oxygens (including phenoxy) is 1. The molecule has 1 amide bonds. The van der Waals surface area contributed by atoms with Crippen LogP contribution >= 0.6 is 23.1 Å². The van der Waals surface area contributed by atoms with Gasteiger partial charge in [-0.25, -0.2) is 9.78 Å². The fraction of sp³-hybridized carbons (Fsp3) is 0.316. The summed E-state index contributed by atoms with van der Waals surface area (Å²) in [4.78, 5) is 33.4. The van der Waals surface area contributed by atoms with Crippen LogP contribution in [0, 0.1) is 6.92 Å². The molecule has 0 atom stereocenters. The van der Waals surface area contributed by atoms with Crippen LogP contribution < -0.4 is 5.32 Å². The number of fused-ring (bicyclic) bond motifs is 1. The van der Waals surface area contributed by atoms with Crippen molar-refractivity contribution in [2.75, 3.05) is 17.7 Å². The van der Waals surface area contributed by atoms with Gasteiger partial charge in [-0.2, -0.15) is 0 Å². The number of thioether (sulfide) groups is 1. The Bertz CT molecular complexity index is 945. The van der Waals surface area contributed by atoms with Crippen molar-refractivity contribution in [2.45, 2.75) is 32.3 Å². The molecule has 2 heterocycles. The normalized spacial score (nSPS) is 10.9. The molecule has 0 radical (unpaired) electrons. The van der Waals surface area contributed by atoms with Gasteiger partial charge in [0.2, 0.25) is 5.91 Å². The highest BCUT2D eigenvalue weighted by molar-refractivity contribution is 7.99. The van der Waals surface area contributed by atoms with Gasteiger partial charge in [0, 0.05) is 4.88 Å². The fourth-order valence-corrected chi connectivity index (χ4v) is 4.64. The number of anilines is 1. The maximum absolute atomic E-state index is 12.4. The second kappa shape index (κ2) is 8.58. The molecule has 6 nitrogen and oxygen atoms in total. The van der Waals surface area contributed by atoms with Crippen molar-refractivity contribution in [3.8, 4) is 0 Å². The Morgan fingerprint density at radius 2 is 2.07 bits per heavy atom. The molecule has 0 saturated carbocycles. The maximum Gasteiger partial charge on any atom is 0.341 e. The summed E-state index contributed by atoms with van der Waals surface area (Å²) in [7, 11) is 0. The second-order valence-corrected chi connectivity index (χ2v) is 8.00. The number of hydrogen-bond donors (Lipinski definition) is 2. The monoisotopic (exact) mass is 403 g/mol. The molecule has 3 aromatic rings. The minimum atomic E-state index is -0.390. The molecule has 1 aromatic carbocycles. The van der Waals surface area contributed by atoms with E-state index in [1.165, 1.54) is 23.1 Å². The van der Waals surface area contributed by atoms with Gasteiger partial charge in [-0.05, 0) is 38.0 Å². The molecule has 8 heteroatoms. The molecule has 0 spiro atoms. The van der Waals surface area contributed by atoms with Gasteiger partial charge in [0.25, 0.3) is 0 Å². The number of H-pyrrole nitrogens is 1. The number of nitrogens with one attached hydrogen (secondary N) is 2. The number of hydrogen-bond acceptors (Lipinski definition) is 6. The highest BCUT2D eigenvalue weighted by Crippen LogP contribution is 2.34. The van der Waals surface area contributed by atoms with Crippen LogP contribution in [0.3, 0.4) is 0 Å². The Balaban J connectivity index is 1.70. The summed E-state index contributed by atoms with van der Waals surface area (Å²) in [6.45, 7) is 6.00. The number of nitrogens with zero attached hydrogens (tertiary/aromatic N) is 1. The Labute approximate surface area is 165 Å². The summed E-state index contributed by atoms with van der Waals surface area (Å²) in [5.41, 5.74) is 3.21. The molecule has 0 aliphatic rings. The zero-order valence-electron chi connectivity index (χ0n) is 15.4. The molecular formula is C19H21N3O3S2. The first-order chi connectivity index (χ1) is 13.0. The third-order valence-corrected chi connectivity index (χ3v) is 5.94. The summed E-state index contributed by atoms with van der Waals surface area (Å²) in [5, 5.41) is 4.11. The number of aromatic amines is 1. The number of imidazole rings is 1. The second-order valence-electron chi connectivity index (χ2n) is 5.81. The molecule has 0 aliphatic heterocycles. The fourth-order valence-electron chi connectivity index (χ4n) is 2.81. The van der Waals surface area contributed by atoms with Gasteiger partial charge in [-0.15, -0.1) is 11.3 Å². The third-order valence-electron chi connectivity index (χ3n) is 4.00. The number of esters is 1. The van der Waals surface area contributed by atoms with E-state index >= 15 is 0 Å². The highest BCUT2D eigenvalue weighted by Gasteiger charge is 2.23. The highest BCUT2D eigenvalue weighted by atomic mass is 32.2.